The van der Waals surface area contributed by atoms with Crippen molar-refractivity contribution in [2.24, 2.45) is 5.73 Å². The van der Waals surface area contributed by atoms with Gasteiger partial charge in [0.2, 0.25) is 5.91 Å². The minimum Gasteiger partial charge on any atom is -0.370 e. The van der Waals surface area contributed by atoms with E-state index < -0.39 is 0 Å². The molecule has 1 amide bonds. The van der Waals surface area contributed by atoms with Crippen molar-refractivity contribution in [1.82, 2.24) is 0 Å². The summed E-state index contributed by atoms with van der Waals surface area (Å²) >= 11 is 0. The lowest BCUT2D eigenvalue weighted by molar-refractivity contribution is -0.115. The molecule has 0 aliphatic heterocycles. The van der Waals surface area contributed by atoms with Crippen LogP contribution in [0.1, 0.15) is 18.1 Å². The minimum absolute atomic E-state index is 0.333. The van der Waals surface area contributed by atoms with Crippen LogP contribution >= 0.6 is 0 Å². The summed E-state index contributed by atoms with van der Waals surface area (Å²) in [6.07, 6.45) is 0. The third-order valence-electron chi connectivity index (χ3n) is 1.88. The summed E-state index contributed by atoms with van der Waals surface area (Å²) in [6.45, 7) is 5.47. The molecule has 0 aromatic heterocycles. The molecule has 96 valence electrons. The van der Waals surface area contributed by atoms with Gasteiger partial charge in [-0.1, -0.05) is 71.8 Å². The van der Waals surface area contributed by atoms with Crippen LogP contribution in [0.15, 0.2) is 60.7 Å². The number of hydrogen-bond acceptors (Lipinski definition) is 1. The molecule has 0 aliphatic carbocycles. The molecule has 2 heteroatoms. The van der Waals surface area contributed by atoms with Crippen molar-refractivity contribution in [2.75, 3.05) is 0 Å². The number of rotatable bonds is 0. The zero-order chi connectivity index (χ0) is 13.8. The van der Waals surface area contributed by atoms with Crippen LogP contribution in [0.5, 0.6) is 0 Å². The van der Waals surface area contributed by atoms with Gasteiger partial charge in [-0.25, -0.2) is 0 Å². The van der Waals surface area contributed by atoms with Gasteiger partial charge < -0.3 is 5.73 Å². The smallest absolute Gasteiger partial charge is 0.214 e. The fraction of sp³-hybridized carbons (Fsp3) is 0.188. The molecule has 0 radical (unpaired) electrons. The summed E-state index contributed by atoms with van der Waals surface area (Å²) in [5.41, 5.74) is 7.12. The van der Waals surface area contributed by atoms with Gasteiger partial charge in [-0.05, 0) is 13.8 Å². The number of hydrogen-bond donors (Lipinski definition) is 1. The van der Waals surface area contributed by atoms with Gasteiger partial charge in [0.25, 0.3) is 0 Å². The fourth-order valence-electron chi connectivity index (χ4n) is 1.07. The predicted octanol–water partition coefficient (Wildman–Crippen LogP) is 3.48. The molecule has 2 rings (SSSR count). The third kappa shape index (κ3) is 12.0. The van der Waals surface area contributed by atoms with E-state index in [9.17, 15) is 4.79 Å². The first-order chi connectivity index (χ1) is 8.52. The molecule has 0 heterocycles. The normalized spacial score (nSPS) is 8.17. The van der Waals surface area contributed by atoms with Crippen molar-refractivity contribution < 1.29 is 4.79 Å². The van der Waals surface area contributed by atoms with E-state index >= 15 is 0 Å². The molecule has 2 aromatic carbocycles. The molecule has 0 fully saturated rings. The molecule has 0 saturated heterocycles. The molecule has 0 bridgehead atoms. The Balaban J connectivity index is 0.000000253. The van der Waals surface area contributed by atoms with Crippen molar-refractivity contribution in [3.63, 3.8) is 0 Å². The van der Waals surface area contributed by atoms with Crippen molar-refractivity contribution in [3.05, 3.63) is 71.8 Å². The second kappa shape index (κ2) is 10.1. The van der Waals surface area contributed by atoms with E-state index in [4.69, 9.17) is 0 Å². The molecule has 0 unspecified atom stereocenters. The third-order valence-corrected chi connectivity index (χ3v) is 1.88. The van der Waals surface area contributed by atoms with Gasteiger partial charge in [0.1, 0.15) is 0 Å². The van der Waals surface area contributed by atoms with Gasteiger partial charge in [0, 0.05) is 6.92 Å². The maximum atomic E-state index is 9.22. The first-order valence-electron chi connectivity index (χ1n) is 5.81. The molecule has 2 nitrogen and oxygen atoms in total. The van der Waals surface area contributed by atoms with Crippen LogP contribution < -0.4 is 5.73 Å². The molecule has 0 saturated carbocycles. The van der Waals surface area contributed by atoms with E-state index in [2.05, 4.69) is 43.8 Å². The number of nitrogens with two attached hydrogens (primary N) is 1. The summed E-state index contributed by atoms with van der Waals surface area (Å²) in [5, 5.41) is 0. The molecular weight excluding hydrogens is 222 g/mol. The molecule has 2 aromatic rings. The zero-order valence-electron chi connectivity index (χ0n) is 11.3. The van der Waals surface area contributed by atoms with E-state index in [0.717, 1.165) is 0 Å². The molecule has 0 aliphatic rings. The average molecular weight is 243 g/mol. The first-order valence-corrected chi connectivity index (χ1v) is 5.81. The SMILES string of the molecule is CC(N)=O.Cc1ccccc1.Cc1ccccc1. The van der Waals surface area contributed by atoms with E-state index in [1.807, 2.05) is 36.4 Å². The molecule has 0 spiro atoms. The van der Waals surface area contributed by atoms with Gasteiger partial charge in [-0.15, -0.1) is 0 Å². The van der Waals surface area contributed by atoms with Crippen molar-refractivity contribution in [2.45, 2.75) is 20.8 Å². The molecule has 2 N–H and O–H groups in total. The molecular formula is C16H21NO. The maximum Gasteiger partial charge on any atom is 0.214 e. The quantitative estimate of drug-likeness (QED) is 0.756. The summed E-state index contributed by atoms with van der Waals surface area (Å²) in [7, 11) is 0. The number of benzene rings is 2. The Bertz CT molecular complexity index is 382. The van der Waals surface area contributed by atoms with Crippen LogP contribution in [-0.4, -0.2) is 5.91 Å². The Labute approximate surface area is 109 Å². The van der Waals surface area contributed by atoms with Gasteiger partial charge in [0.15, 0.2) is 0 Å². The van der Waals surface area contributed by atoms with Crippen molar-refractivity contribution >= 4 is 5.91 Å². The minimum atomic E-state index is -0.333. The van der Waals surface area contributed by atoms with Crippen LogP contribution in [0, 0.1) is 13.8 Å². The van der Waals surface area contributed by atoms with E-state index in [1.165, 1.54) is 18.1 Å². The fourth-order valence-corrected chi connectivity index (χ4v) is 1.07. The highest BCUT2D eigenvalue weighted by molar-refractivity contribution is 5.70. The number of amides is 1. The highest BCUT2D eigenvalue weighted by Crippen LogP contribution is 1.92. The summed E-state index contributed by atoms with van der Waals surface area (Å²) < 4.78 is 0. The van der Waals surface area contributed by atoms with Gasteiger partial charge in [-0.2, -0.15) is 0 Å². The standard InChI is InChI=1S/2C7H8.C2H5NO/c2*1-7-5-3-2-4-6-7;1-2(3)4/h2*2-6H,1H3;1H3,(H2,3,4). The van der Waals surface area contributed by atoms with Gasteiger partial charge in [-0.3, -0.25) is 4.79 Å². The van der Waals surface area contributed by atoms with Crippen LogP contribution in [0.2, 0.25) is 0 Å². The Morgan fingerprint density at radius 2 is 1.00 bits per heavy atom. The lowest BCUT2D eigenvalue weighted by atomic mass is 10.2. The largest absolute Gasteiger partial charge is 0.370 e. The lowest BCUT2D eigenvalue weighted by Gasteiger charge is -1.82. The van der Waals surface area contributed by atoms with Crippen LogP contribution in [0.4, 0.5) is 0 Å². The van der Waals surface area contributed by atoms with Crippen molar-refractivity contribution in [1.29, 1.82) is 0 Å². The summed E-state index contributed by atoms with van der Waals surface area (Å²) in [4.78, 5) is 9.22. The highest BCUT2D eigenvalue weighted by atomic mass is 16.1. The maximum absolute atomic E-state index is 9.22. The number of carbonyl (C=O) groups is 1. The Morgan fingerprint density at radius 1 is 0.778 bits per heavy atom. The van der Waals surface area contributed by atoms with E-state index in [0.29, 0.717) is 0 Å². The van der Waals surface area contributed by atoms with Crippen LogP contribution in [0.3, 0.4) is 0 Å². The Morgan fingerprint density at radius 3 is 1.11 bits per heavy atom. The van der Waals surface area contributed by atoms with Crippen LogP contribution in [0.25, 0.3) is 0 Å². The van der Waals surface area contributed by atoms with Gasteiger partial charge >= 0.3 is 0 Å². The molecule has 18 heavy (non-hydrogen) atoms. The molecule has 0 atom stereocenters. The van der Waals surface area contributed by atoms with E-state index in [-0.39, 0.29) is 5.91 Å². The lowest BCUT2D eigenvalue weighted by Crippen LogP contribution is -2.01. The Kier molecular flexibility index (Phi) is 8.92. The zero-order valence-corrected chi connectivity index (χ0v) is 11.3. The van der Waals surface area contributed by atoms with Crippen LogP contribution in [-0.2, 0) is 4.79 Å². The second-order valence-electron chi connectivity index (χ2n) is 3.92. The average Bonchev–Trinajstić information content (AvgIpc) is 2.31. The summed E-state index contributed by atoms with van der Waals surface area (Å²) in [6, 6.07) is 20.5. The first kappa shape index (κ1) is 15.9. The number of primary amides is 1. The van der Waals surface area contributed by atoms with Gasteiger partial charge in [0.05, 0.1) is 0 Å². The summed E-state index contributed by atoms with van der Waals surface area (Å²) in [5.74, 6) is -0.333. The topological polar surface area (TPSA) is 43.1 Å². The Hall–Kier alpha value is -2.09. The second-order valence-corrected chi connectivity index (χ2v) is 3.92. The number of carbonyl (C=O) groups excluding carboxylic acids is 1. The number of aryl methyl sites for hydroxylation is 2. The monoisotopic (exact) mass is 243 g/mol. The highest BCUT2D eigenvalue weighted by Gasteiger charge is 1.72. The van der Waals surface area contributed by atoms with Crippen molar-refractivity contribution in [3.8, 4) is 0 Å². The van der Waals surface area contributed by atoms with E-state index in [1.54, 1.807) is 0 Å². The predicted molar refractivity (Wildman–Crippen MR) is 77.2 cm³/mol.